The van der Waals surface area contributed by atoms with Gasteiger partial charge in [0.05, 0.1) is 6.04 Å². The van der Waals surface area contributed by atoms with Gasteiger partial charge in [0.15, 0.2) is 0 Å². The van der Waals surface area contributed by atoms with E-state index < -0.39 is 0 Å². The average Bonchev–Trinajstić information content (AvgIpc) is 3.39. The van der Waals surface area contributed by atoms with Gasteiger partial charge in [-0.05, 0) is 30.9 Å². The summed E-state index contributed by atoms with van der Waals surface area (Å²) in [5.74, 6) is 0.991. The molecule has 1 aliphatic rings. The van der Waals surface area contributed by atoms with Crippen LogP contribution in [0.25, 0.3) is 0 Å². The van der Waals surface area contributed by atoms with Crippen molar-refractivity contribution in [2.45, 2.75) is 38.8 Å². The number of nitrogens with one attached hydrogen (secondary N) is 1. The largest absolute Gasteiger partial charge is 0.338 e. The lowest BCUT2D eigenvalue weighted by atomic mass is 10.0. The van der Waals surface area contributed by atoms with Gasteiger partial charge >= 0.3 is 6.03 Å². The molecule has 1 atom stereocenters. The number of carbonyl (C=O) groups excluding carboxylic acids is 1. The lowest BCUT2D eigenvalue weighted by molar-refractivity contribution is 0.193. The molecule has 1 unspecified atom stereocenters. The molecule has 1 fully saturated rings. The summed E-state index contributed by atoms with van der Waals surface area (Å²) in [7, 11) is 0. The highest BCUT2D eigenvalue weighted by Gasteiger charge is 2.29. The van der Waals surface area contributed by atoms with E-state index in [1.165, 1.54) is 16.7 Å². The molecule has 1 N–H and O–H groups in total. The van der Waals surface area contributed by atoms with E-state index in [0.29, 0.717) is 13.0 Å². The molecule has 5 nitrogen and oxygen atoms in total. The lowest BCUT2D eigenvalue weighted by Crippen LogP contribution is -2.40. The molecule has 2 amide bonds. The van der Waals surface area contributed by atoms with Crippen molar-refractivity contribution in [1.82, 2.24) is 19.8 Å². The zero-order valence-corrected chi connectivity index (χ0v) is 16.9. The fraction of sp³-hybridized carbons (Fsp3) is 0.333. The number of aromatic nitrogens is 2. The zero-order chi connectivity index (χ0) is 20.1. The van der Waals surface area contributed by atoms with Crippen LogP contribution in [0.1, 0.15) is 41.4 Å². The second kappa shape index (κ2) is 8.95. The van der Waals surface area contributed by atoms with Crippen LogP contribution in [0.5, 0.6) is 0 Å². The molecule has 1 aliphatic heterocycles. The predicted molar refractivity (Wildman–Crippen MR) is 115 cm³/mol. The summed E-state index contributed by atoms with van der Waals surface area (Å²) in [5.41, 5.74) is 3.71. The summed E-state index contributed by atoms with van der Waals surface area (Å²) in [6.45, 7) is 4.29. The maximum absolute atomic E-state index is 12.8. The highest BCUT2D eigenvalue weighted by Crippen LogP contribution is 2.32. The average molecular weight is 389 g/mol. The quantitative estimate of drug-likeness (QED) is 0.683. The van der Waals surface area contributed by atoms with Gasteiger partial charge in [-0.25, -0.2) is 9.78 Å². The fourth-order valence-corrected chi connectivity index (χ4v) is 4.11. The number of imidazole rings is 1. The number of amides is 2. The van der Waals surface area contributed by atoms with Crippen LogP contribution in [0.15, 0.2) is 67.0 Å². The van der Waals surface area contributed by atoms with E-state index in [4.69, 9.17) is 0 Å². The van der Waals surface area contributed by atoms with Gasteiger partial charge < -0.3 is 14.8 Å². The van der Waals surface area contributed by atoms with Crippen molar-refractivity contribution >= 4 is 6.03 Å². The maximum Gasteiger partial charge on any atom is 0.317 e. The van der Waals surface area contributed by atoms with Crippen LogP contribution >= 0.6 is 0 Å². The number of benzene rings is 2. The van der Waals surface area contributed by atoms with Crippen molar-refractivity contribution in [3.8, 4) is 0 Å². The Labute approximate surface area is 172 Å². The van der Waals surface area contributed by atoms with Crippen LogP contribution in [-0.2, 0) is 13.0 Å². The minimum Gasteiger partial charge on any atom is -0.338 e. The van der Waals surface area contributed by atoms with E-state index in [0.717, 1.165) is 31.8 Å². The van der Waals surface area contributed by atoms with Crippen molar-refractivity contribution in [3.05, 3.63) is 89.5 Å². The van der Waals surface area contributed by atoms with E-state index in [1.54, 1.807) is 0 Å². The second-order valence-corrected chi connectivity index (χ2v) is 7.70. The number of nitrogens with zero attached hydrogens (tertiary/aromatic N) is 3. The van der Waals surface area contributed by atoms with E-state index in [2.05, 4.69) is 58.2 Å². The summed E-state index contributed by atoms with van der Waals surface area (Å²) >= 11 is 0. The number of hydrogen-bond acceptors (Lipinski definition) is 2. The summed E-state index contributed by atoms with van der Waals surface area (Å²) in [5, 5.41) is 3.10. The second-order valence-electron chi connectivity index (χ2n) is 7.70. The predicted octanol–water partition coefficient (Wildman–Crippen LogP) is 4.33. The van der Waals surface area contributed by atoms with Gasteiger partial charge in [0, 0.05) is 38.4 Å². The standard InChI is InChI=1S/C24H28N4O/c1-19-7-5-10-21(17-19)22-11-6-15-28(22)24(29)26-13-12-23-25-14-16-27(23)18-20-8-3-2-4-9-20/h2-5,7-10,14,16-17,22H,6,11-13,15,18H2,1H3,(H,26,29). The van der Waals surface area contributed by atoms with Gasteiger partial charge in [0.25, 0.3) is 0 Å². The third-order valence-corrected chi connectivity index (χ3v) is 5.56. The Bertz CT molecular complexity index is 950. The molecule has 0 bridgehead atoms. The molecular weight excluding hydrogens is 360 g/mol. The Morgan fingerprint density at radius 2 is 2.03 bits per heavy atom. The van der Waals surface area contributed by atoms with Crippen LogP contribution in [0.2, 0.25) is 0 Å². The maximum atomic E-state index is 12.8. The molecule has 0 saturated carbocycles. The van der Waals surface area contributed by atoms with Gasteiger partial charge in [0.1, 0.15) is 5.82 Å². The van der Waals surface area contributed by atoms with Crippen LogP contribution in [0.3, 0.4) is 0 Å². The molecule has 0 spiro atoms. The topological polar surface area (TPSA) is 50.2 Å². The van der Waals surface area contributed by atoms with Crippen molar-refractivity contribution in [1.29, 1.82) is 0 Å². The first kappa shape index (κ1) is 19.2. The van der Waals surface area contributed by atoms with Crippen molar-refractivity contribution < 1.29 is 4.79 Å². The molecule has 4 rings (SSSR count). The number of carbonyl (C=O) groups is 1. The minimum atomic E-state index is 0.0233. The normalized spacial score (nSPS) is 16.2. The van der Waals surface area contributed by atoms with Crippen LogP contribution < -0.4 is 5.32 Å². The first-order valence-corrected chi connectivity index (χ1v) is 10.4. The van der Waals surface area contributed by atoms with Gasteiger partial charge in [-0.3, -0.25) is 0 Å². The number of urea groups is 1. The van der Waals surface area contributed by atoms with Gasteiger partial charge in [-0.15, -0.1) is 0 Å². The number of hydrogen-bond donors (Lipinski definition) is 1. The number of aryl methyl sites for hydroxylation is 1. The summed E-state index contributed by atoms with van der Waals surface area (Å²) in [6, 6.07) is 19.0. The molecule has 1 aromatic heterocycles. The molecule has 5 heteroatoms. The van der Waals surface area contributed by atoms with Gasteiger partial charge in [-0.2, -0.15) is 0 Å². The lowest BCUT2D eigenvalue weighted by Gasteiger charge is -2.25. The van der Waals surface area contributed by atoms with E-state index >= 15 is 0 Å². The SMILES string of the molecule is Cc1cccc(C2CCCN2C(=O)NCCc2nccn2Cc2ccccc2)c1. The first-order chi connectivity index (χ1) is 14.2. The van der Waals surface area contributed by atoms with Gasteiger partial charge in [0.2, 0.25) is 0 Å². The van der Waals surface area contributed by atoms with Crippen LogP contribution in [-0.4, -0.2) is 33.6 Å². The van der Waals surface area contributed by atoms with Gasteiger partial charge in [-0.1, -0.05) is 60.2 Å². The molecule has 2 heterocycles. The first-order valence-electron chi connectivity index (χ1n) is 10.4. The Kier molecular flexibility index (Phi) is 5.94. The third-order valence-electron chi connectivity index (χ3n) is 5.56. The molecule has 150 valence electrons. The Morgan fingerprint density at radius 1 is 1.17 bits per heavy atom. The zero-order valence-electron chi connectivity index (χ0n) is 16.9. The van der Waals surface area contributed by atoms with Crippen molar-refractivity contribution in [3.63, 3.8) is 0 Å². The highest BCUT2D eigenvalue weighted by atomic mass is 16.2. The Balaban J connectivity index is 1.33. The smallest absolute Gasteiger partial charge is 0.317 e. The molecule has 0 radical (unpaired) electrons. The molecule has 29 heavy (non-hydrogen) atoms. The molecular formula is C24H28N4O. The minimum absolute atomic E-state index is 0.0233. The summed E-state index contributed by atoms with van der Waals surface area (Å²) in [6.07, 6.45) is 6.62. The third kappa shape index (κ3) is 4.67. The van der Waals surface area contributed by atoms with E-state index in [9.17, 15) is 4.79 Å². The van der Waals surface area contributed by atoms with Crippen molar-refractivity contribution in [2.24, 2.45) is 0 Å². The number of likely N-dealkylation sites (tertiary alicyclic amines) is 1. The molecule has 3 aromatic rings. The Hall–Kier alpha value is -3.08. The molecule has 0 aliphatic carbocycles. The summed E-state index contributed by atoms with van der Waals surface area (Å²) < 4.78 is 2.15. The van der Waals surface area contributed by atoms with E-state index in [1.807, 2.05) is 35.5 Å². The van der Waals surface area contributed by atoms with Crippen LogP contribution in [0.4, 0.5) is 4.79 Å². The monoisotopic (exact) mass is 388 g/mol. The van der Waals surface area contributed by atoms with E-state index in [-0.39, 0.29) is 12.1 Å². The number of rotatable bonds is 6. The molecule has 1 saturated heterocycles. The van der Waals surface area contributed by atoms with Crippen molar-refractivity contribution in [2.75, 3.05) is 13.1 Å². The highest BCUT2D eigenvalue weighted by molar-refractivity contribution is 5.75. The van der Waals surface area contributed by atoms with Crippen LogP contribution in [0, 0.1) is 6.92 Å². The fourth-order valence-electron chi connectivity index (χ4n) is 4.11. The molecule has 2 aromatic carbocycles. The summed E-state index contributed by atoms with van der Waals surface area (Å²) in [4.78, 5) is 19.3. The Morgan fingerprint density at radius 3 is 2.86 bits per heavy atom.